The molecule has 0 aliphatic carbocycles. The fourth-order valence-corrected chi connectivity index (χ4v) is 2.87. The highest BCUT2D eigenvalue weighted by molar-refractivity contribution is 5.88. The summed E-state index contributed by atoms with van der Waals surface area (Å²) in [7, 11) is 1.64. The molecule has 1 heterocycles. The lowest BCUT2D eigenvalue weighted by Gasteiger charge is -2.23. The van der Waals surface area contributed by atoms with Crippen LogP contribution >= 0.6 is 0 Å². The van der Waals surface area contributed by atoms with Crippen LogP contribution in [0.1, 0.15) is 11.1 Å². The fraction of sp³-hybridized carbons (Fsp3) is 0.300. The van der Waals surface area contributed by atoms with Crippen LogP contribution in [0, 0.1) is 0 Å². The first kappa shape index (κ1) is 18.7. The Morgan fingerprint density at radius 2 is 1.85 bits per heavy atom. The summed E-state index contributed by atoms with van der Waals surface area (Å²) in [6.45, 7) is 0.0961. The highest BCUT2D eigenvalue weighted by Crippen LogP contribution is 2.32. The van der Waals surface area contributed by atoms with Crippen LogP contribution < -0.4 is 14.8 Å². The number of aliphatic hydroxyl groups is 1. The molecular formula is C20H22N2O5. The van der Waals surface area contributed by atoms with Gasteiger partial charge < -0.3 is 24.8 Å². The lowest BCUT2D eigenvalue weighted by atomic mass is 10.1. The van der Waals surface area contributed by atoms with E-state index in [1.54, 1.807) is 25.2 Å². The molecule has 2 aromatic rings. The summed E-state index contributed by atoms with van der Waals surface area (Å²) >= 11 is 0. The highest BCUT2D eigenvalue weighted by atomic mass is 16.7. The normalized spacial score (nSPS) is 13.1. The van der Waals surface area contributed by atoms with E-state index < -0.39 is 12.6 Å². The number of benzene rings is 2. The second-order valence-electron chi connectivity index (χ2n) is 6.35. The van der Waals surface area contributed by atoms with Gasteiger partial charge in [-0.3, -0.25) is 9.59 Å². The van der Waals surface area contributed by atoms with Crippen molar-refractivity contribution in [2.75, 3.05) is 20.4 Å². The third kappa shape index (κ3) is 4.77. The van der Waals surface area contributed by atoms with Crippen LogP contribution in [0.5, 0.6) is 11.5 Å². The molecule has 0 fully saturated rings. The predicted molar refractivity (Wildman–Crippen MR) is 98.2 cm³/mol. The third-order valence-electron chi connectivity index (χ3n) is 4.26. The van der Waals surface area contributed by atoms with E-state index in [0.29, 0.717) is 18.0 Å². The number of carbonyl (C=O) groups excluding carboxylic acids is 2. The number of nitrogens with zero attached hydrogens (tertiary/aromatic N) is 1. The third-order valence-corrected chi connectivity index (χ3v) is 4.26. The van der Waals surface area contributed by atoms with Crippen LogP contribution in [0.15, 0.2) is 48.5 Å². The topological polar surface area (TPSA) is 88.1 Å². The SMILES string of the molecule is CN(Cc1ccccc1)C(=O)[C@H](CO)NC(=O)Cc1ccc2c(c1)OCO2. The number of aliphatic hydroxyl groups excluding tert-OH is 1. The minimum atomic E-state index is -0.986. The van der Waals surface area contributed by atoms with E-state index in [-0.39, 0.29) is 25.0 Å². The maximum absolute atomic E-state index is 12.5. The molecule has 0 unspecified atom stereocenters. The van der Waals surface area contributed by atoms with Crippen LogP contribution in [0.2, 0.25) is 0 Å². The van der Waals surface area contributed by atoms with E-state index in [1.807, 2.05) is 30.3 Å². The number of hydrogen-bond acceptors (Lipinski definition) is 5. The minimum absolute atomic E-state index is 0.0722. The molecule has 1 atom stereocenters. The molecule has 7 heteroatoms. The van der Waals surface area contributed by atoms with E-state index in [2.05, 4.69) is 5.32 Å². The molecule has 1 aliphatic heterocycles. The minimum Gasteiger partial charge on any atom is -0.454 e. The highest BCUT2D eigenvalue weighted by Gasteiger charge is 2.24. The molecule has 0 radical (unpaired) electrons. The van der Waals surface area contributed by atoms with Crippen LogP contribution in [-0.4, -0.2) is 48.3 Å². The molecule has 142 valence electrons. The quantitative estimate of drug-likeness (QED) is 0.762. The monoisotopic (exact) mass is 370 g/mol. The van der Waals surface area contributed by atoms with Gasteiger partial charge >= 0.3 is 0 Å². The molecule has 0 saturated carbocycles. The second kappa shape index (κ2) is 8.55. The van der Waals surface area contributed by atoms with Gasteiger partial charge in [-0.2, -0.15) is 0 Å². The number of hydrogen-bond donors (Lipinski definition) is 2. The number of amides is 2. The van der Waals surface area contributed by atoms with Crippen molar-refractivity contribution in [2.24, 2.45) is 0 Å². The molecule has 2 amide bonds. The number of nitrogens with one attached hydrogen (secondary N) is 1. The van der Waals surface area contributed by atoms with Crippen molar-refractivity contribution in [3.63, 3.8) is 0 Å². The number of fused-ring (bicyclic) bond motifs is 1. The first-order chi connectivity index (χ1) is 13.1. The Balaban J connectivity index is 1.56. The Kier molecular flexibility index (Phi) is 5.93. The Morgan fingerprint density at radius 1 is 1.11 bits per heavy atom. The van der Waals surface area contributed by atoms with Crippen molar-refractivity contribution in [1.82, 2.24) is 10.2 Å². The van der Waals surface area contributed by atoms with Crippen molar-refractivity contribution in [3.8, 4) is 11.5 Å². The Hall–Kier alpha value is -3.06. The summed E-state index contributed by atoms with van der Waals surface area (Å²) < 4.78 is 10.5. The molecule has 0 saturated heterocycles. The van der Waals surface area contributed by atoms with Crippen molar-refractivity contribution < 1.29 is 24.2 Å². The molecular weight excluding hydrogens is 348 g/mol. The average Bonchev–Trinajstić information content (AvgIpc) is 3.14. The van der Waals surface area contributed by atoms with Crippen LogP contribution in [-0.2, 0) is 22.6 Å². The summed E-state index contributed by atoms with van der Waals surface area (Å²) in [5.74, 6) is 0.539. The Bertz CT molecular complexity index is 809. The standard InChI is InChI=1S/C20H22N2O5/c1-22(11-14-5-3-2-4-6-14)20(25)16(12-23)21-19(24)10-15-7-8-17-18(9-15)27-13-26-17/h2-9,16,23H,10-13H2,1H3,(H,21,24)/t16-/m0/s1. The van der Waals surface area contributed by atoms with Crippen LogP contribution in [0.3, 0.4) is 0 Å². The molecule has 0 aromatic heterocycles. The maximum Gasteiger partial charge on any atom is 0.247 e. The first-order valence-electron chi connectivity index (χ1n) is 8.64. The summed E-state index contributed by atoms with van der Waals surface area (Å²) in [4.78, 5) is 26.3. The van der Waals surface area contributed by atoms with Gasteiger partial charge in [-0.25, -0.2) is 0 Å². The van der Waals surface area contributed by atoms with Gasteiger partial charge in [-0.15, -0.1) is 0 Å². The van der Waals surface area contributed by atoms with Crippen LogP contribution in [0.4, 0.5) is 0 Å². The van der Waals surface area contributed by atoms with Crippen LogP contribution in [0.25, 0.3) is 0 Å². The van der Waals surface area contributed by atoms with E-state index in [4.69, 9.17) is 9.47 Å². The van der Waals surface area contributed by atoms with Gasteiger partial charge in [0.1, 0.15) is 6.04 Å². The smallest absolute Gasteiger partial charge is 0.247 e. The van der Waals surface area contributed by atoms with Gasteiger partial charge in [0, 0.05) is 13.6 Å². The van der Waals surface area contributed by atoms with Gasteiger partial charge in [0.25, 0.3) is 0 Å². The lowest BCUT2D eigenvalue weighted by Crippen LogP contribution is -2.49. The zero-order valence-corrected chi connectivity index (χ0v) is 15.1. The number of rotatable bonds is 7. The molecule has 27 heavy (non-hydrogen) atoms. The summed E-state index contributed by atoms with van der Waals surface area (Å²) in [5.41, 5.74) is 1.70. The number of likely N-dealkylation sites (N-methyl/N-ethyl adjacent to an activating group) is 1. The Morgan fingerprint density at radius 3 is 2.59 bits per heavy atom. The zero-order chi connectivity index (χ0) is 19.2. The van der Waals surface area contributed by atoms with E-state index in [0.717, 1.165) is 11.1 Å². The van der Waals surface area contributed by atoms with Crippen molar-refractivity contribution in [1.29, 1.82) is 0 Å². The number of ether oxygens (including phenoxy) is 2. The van der Waals surface area contributed by atoms with Gasteiger partial charge in [-0.05, 0) is 23.3 Å². The Labute approximate surface area is 157 Å². The van der Waals surface area contributed by atoms with E-state index in [9.17, 15) is 14.7 Å². The van der Waals surface area contributed by atoms with Gasteiger partial charge in [0.15, 0.2) is 11.5 Å². The maximum atomic E-state index is 12.5. The average molecular weight is 370 g/mol. The van der Waals surface area contributed by atoms with E-state index >= 15 is 0 Å². The van der Waals surface area contributed by atoms with Crippen molar-refractivity contribution in [2.45, 2.75) is 19.0 Å². The fourth-order valence-electron chi connectivity index (χ4n) is 2.87. The van der Waals surface area contributed by atoms with Crippen molar-refractivity contribution >= 4 is 11.8 Å². The molecule has 2 N–H and O–H groups in total. The zero-order valence-electron chi connectivity index (χ0n) is 15.1. The van der Waals surface area contributed by atoms with Gasteiger partial charge in [-0.1, -0.05) is 36.4 Å². The molecule has 7 nitrogen and oxygen atoms in total. The van der Waals surface area contributed by atoms with Gasteiger partial charge in [0.2, 0.25) is 18.6 Å². The van der Waals surface area contributed by atoms with E-state index in [1.165, 1.54) is 4.90 Å². The molecule has 3 rings (SSSR count). The second-order valence-corrected chi connectivity index (χ2v) is 6.35. The largest absolute Gasteiger partial charge is 0.454 e. The van der Waals surface area contributed by atoms with Crippen molar-refractivity contribution in [3.05, 3.63) is 59.7 Å². The first-order valence-corrected chi connectivity index (χ1v) is 8.64. The predicted octanol–water partition coefficient (Wildman–Crippen LogP) is 1.09. The summed E-state index contributed by atoms with van der Waals surface area (Å²) in [5, 5.41) is 12.2. The molecule has 1 aliphatic rings. The molecule has 0 bridgehead atoms. The molecule has 2 aromatic carbocycles. The molecule has 0 spiro atoms. The summed E-state index contributed by atoms with van der Waals surface area (Å²) in [6.07, 6.45) is 0.0722. The summed E-state index contributed by atoms with van der Waals surface area (Å²) in [6, 6.07) is 13.8. The number of carbonyl (C=O) groups is 2. The lowest BCUT2D eigenvalue weighted by molar-refractivity contribution is -0.136. The van der Waals surface area contributed by atoms with Gasteiger partial charge in [0.05, 0.1) is 13.0 Å².